The molecule has 1 aliphatic heterocycles. The van der Waals surface area contributed by atoms with Crippen LogP contribution in [-0.2, 0) is 11.3 Å². The van der Waals surface area contributed by atoms with Crippen LogP contribution in [-0.4, -0.2) is 27.7 Å². The normalized spacial score (nSPS) is 19.8. The molecule has 0 aromatic carbocycles. The average Bonchev–Trinajstić information content (AvgIpc) is 2.77. The van der Waals surface area contributed by atoms with Gasteiger partial charge in [0.25, 0.3) is 0 Å². The monoisotopic (exact) mass is 327 g/mol. The Morgan fingerprint density at radius 1 is 1.43 bits per heavy atom. The number of nitrogens with zero attached hydrogens (tertiary/aromatic N) is 3. The fourth-order valence-electron chi connectivity index (χ4n) is 2.87. The van der Waals surface area contributed by atoms with Gasteiger partial charge in [0.2, 0.25) is 0 Å². The van der Waals surface area contributed by atoms with E-state index in [2.05, 4.69) is 21.5 Å². The molecule has 1 aliphatic rings. The lowest BCUT2D eigenvalue weighted by Gasteiger charge is -2.34. The van der Waals surface area contributed by atoms with E-state index in [4.69, 9.17) is 27.9 Å². The lowest BCUT2D eigenvalue weighted by atomic mass is 9.82. The third kappa shape index (κ3) is 3.03. The van der Waals surface area contributed by atoms with Gasteiger partial charge in [0.15, 0.2) is 5.65 Å². The summed E-state index contributed by atoms with van der Waals surface area (Å²) in [7, 11) is 0. The molecule has 0 N–H and O–H groups in total. The molecule has 2 aromatic rings. The van der Waals surface area contributed by atoms with Crippen molar-refractivity contribution < 1.29 is 4.74 Å². The number of pyridine rings is 1. The minimum atomic E-state index is -0.165. The van der Waals surface area contributed by atoms with Gasteiger partial charge in [0, 0.05) is 26.0 Å². The lowest BCUT2D eigenvalue weighted by Crippen LogP contribution is -2.31. The Labute approximate surface area is 134 Å². The van der Waals surface area contributed by atoms with E-state index in [1.54, 1.807) is 6.20 Å². The minimum Gasteiger partial charge on any atom is -0.381 e. The average molecular weight is 328 g/mol. The van der Waals surface area contributed by atoms with Crippen LogP contribution in [0.25, 0.3) is 11.2 Å². The molecule has 0 radical (unpaired) electrons. The van der Waals surface area contributed by atoms with Gasteiger partial charge in [-0.25, -0.2) is 9.97 Å². The third-order valence-electron chi connectivity index (χ3n) is 4.18. The molecule has 6 heteroatoms. The van der Waals surface area contributed by atoms with Gasteiger partial charge in [-0.2, -0.15) is 0 Å². The van der Waals surface area contributed by atoms with Crippen LogP contribution in [0, 0.1) is 5.41 Å². The predicted octanol–water partition coefficient (Wildman–Crippen LogP) is 4.20. The van der Waals surface area contributed by atoms with Crippen molar-refractivity contribution in [2.75, 3.05) is 13.2 Å². The molecule has 3 heterocycles. The van der Waals surface area contributed by atoms with Crippen molar-refractivity contribution in [3.8, 4) is 0 Å². The van der Waals surface area contributed by atoms with Crippen molar-refractivity contribution in [1.82, 2.24) is 14.5 Å². The summed E-state index contributed by atoms with van der Waals surface area (Å²) in [4.78, 5) is 9.08. The Kier molecular flexibility index (Phi) is 4.12. The van der Waals surface area contributed by atoms with Crippen molar-refractivity contribution in [2.24, 2.45) is 5.41 Å². The zero-order chi connectivity index (χ0) is 15.0. The molecular formula is C15H19Cl2N3O. The van der Waals surface area contributed by atoms with E-state index in [9.17, 15) is 0 Å². The Bertz CT molecular complexity index is 648. The highest BCUT2D eigenvalue weighted by atomic mass is 35.5. The van der Waals surface area contributed by atoms with Crippen LogP contribution in [0.4, 0.5) is 0 Å². The first kappa shape index (κ1) is 15.1. The Hall–Kier alpha value is -0.840. The van der Waals surface area contributed by atoms with Gasteiger partial charge in [-0.1, -0.05) is 18.5 Å². The van der Waals surface area contributed by atoms with E-state index in [1.807, 2.05) is 13.0 Å². The lowest BCUT2D eigenvalue weighted by molar-refractivity contribution is 0.0156. The molecule has 0 saturated carbocycles. The van der Waals surface area contributed by atoms with Crippen molar-refractivity contribution in [3.05, 3.63) is 23.1 Å². The molecule has 2 aromatic heterocycles. The standard InChI is InChI=1S/C15H19Cl2N3O/c1-10(16)13-19-12-7-11(17)8-18-14(12)20(13)9-15(2)3-5-21-6-4-15/h7-8,10H,3-6,9H2,1-2H3. The number of aromatic nitrogens is 3. The van der Waals surface area contributed by atoms with Crippen LogP contribution < -0.4 is 0 Å². The van der Waals surface area contributed by atoms with E-state index in [0.717, 1.165) is 49.6 Å². The third-order valence-corrected chi connectivity index (χ3v) is 4.58. The second kappa shape index (κ2) is 5.75. The largest absolute Gasteiger partial charge is 0.381 e. The molecule has 1 fully saturated rings. The SMILES string of the molecule is CC(Cl)c1nc2cc(Cl)cnc2n1CC1(C)CCOCC1. The second-order valence-electron chi connectivity index (χ2n) is 6.09. The quantitative estimate of drug-likeness (QED) is 0.793. The molecule has 0 bridgehead atoms. The number of alkyl halides is 1. The molecule has 4 nitrogen and oxygen atoms in total. The molecule has 1 atom stereocenters. The first-order valence-electron chi connectivity index (χ1n) is 7.22. The van der Waals surface area contributed by atoms with E-state index in [-0.39, 0.29) is 10.8 Å². The fraction of sp³-hybridized carbons (Fsp3) is 0.600. The van der Waals surface area contributed by atoms with Gasteiger partial charge in [-0.3, -0.25) is 0 Å². The molecule has 0 amide bonds. The Morgan fingerprint density at radius 3 is 2.81 bits per heavy atom. The maximum absolute atomic E-state index is 6.31. The summed E-state index contributed by atoms with van der Waals surface area (Å²) in [6.45, 7) is 6.71. The molecule has 0 aliphatic carbocycles. The molecule has 114 valence electrons. The molecule has 0 spiro atoms. The van der Waals surface area contributed by atoms with Gasteiger partial charge < -0.3 is 9.30 Å². The first-order valence-corrected chi connectivity index (χ1v) is 8.03. The number of rotatable bonds is 3. The number of ether oxygens (including phenoxy) is 1. The summed E-state index contributed by atoms with van der Waals surface area (Å²) in [5.74, 6) is 0.856. The van der Waals surface area contributed by atoms with Crippen LogP contribution in [0.15, 0.2) is 12.3 Å². The zero-order valence-electron chi connectivity index (χ0n) is 12.3. The zero-order valence-corrected chi connectivity index (χ0v) is 13.8. The summed E-state index contributed by atoms with van der Waals surface area (Å²) in [6, 6.07) is 1.84. The summed E-state index contributed by atoms with van der Waals surface area (Å²) >= 11 is 12.3. The van der Waals surface area contributed by atoms with Crippen molar-refractivity contribution in [3.63, 3.8) is 0 Å². The van der Waals surface area contributed by atoms with Crippen LogP contribution >= 0.6 is 23.2 Å². The summed E-state index contributed by atoms with van der Waals surface area (Å²) in [5, 5.41) is 0.430. The second-order valence-corrected chi connectivity index (χ2v) is 7.18. The van der Waals surface area contributed by atoms with E-state index >= 15 is 0 Å². The van der Waals surface area contributed by atoms with Crippen molar-refractivity contribution in [1.29, 1.82) is 0 Å². The molecular weight excluding hydrogens is 309 g/mol. The summed E-state index contributed by atoms with van der Waals surface area (Å²) in [5.41, 5.74) is 1.85. The van der Waals surface area contributed by atoms with E-state index < -0.39 is 0 Å². The van der Waals surface area contributed by atoms with E-state index in [0.29, 0.717) is 5.02 Å². The highest BCUT2D eigenvalue weighted by Gasteiger charge is 2.30. The number of hydrogen-bond acceptors (Lipinski definition) is 3. The van der Waals surface area contributed by atoms with Crippen molar-refractivity contribution >= 4 is 34.4 Å². The van der Waals surface area contributed by atoms with Crippen LogP contribution in [0.3, 0.4) is 0 Å². The van der Waals surface area contributed by atoms with Crippen LogP contribution in [0.1, 0.15) is 37.9 Å². The highest BCUT2D eigenvalue weighted by Crippen LogP contribution is 2.35. The molecule has 21 heavy (non-hydrogen) atoms. The van der Waals surface area contributed by atoms with Crippen molar-refractivity contribution in [2.45, 2.75) is 38.6 Å². The summed E-state index contributed by atoms with van der Waals surface area (Å²) in [6.07, 6.45) is 3.74. The molecule has 1 saturated heterocycles. The maximum Gasteiger partial charge on any atom is 0.160 e. The fourth-order valence-corrected chi connectivity index (χ4v) is 3.19. The molecule has 3 rings (SSSR count). The minimum absolute atomic E-state index is 0.165. The summed E-state index contributed by atoms with van der Waals surface area (Å²) < 4.78 is 7.63. The predicted molar refractivity (Wildman–Crippen MR) is 85.0 cm³/mol. The van der Waals surface area contributed by atoms with Crippen LogP contribution in [0.2, 0.25) is 5.02 Å². The number of fused-ring (bicyclic) bond motifs is 1. The van der Waals surface area contributed by atoms with E-state index in [1.165, 1.54) is 0 Å². The number of halogens is 2. The topological polar surface area (TPSA) is 39.9 Å². The number of imidazole rings is 1. The van der Waals surface area contributed by atoms with Gasteiger partial charge >= 0.3 is 0 Å². The molecule has 1 unspecified atom stereocenters. The maximum atomic E-state index is 6.31. The Balaban J connectivity index is 2.04. The first-order chi connectivity index (χ1) is 9.98. The number of hydrogen-bond donors (Lipinski definition) is 0. The smallest absolute Gasteiger partial charge is 0.160 e. The van der Waals surface area contributed by atoms with Gasteiger partial charge in [0.1, 0.15) is 11.3 Å². The van der Waals surface area contributed by atoms with Gasteiger partial charge in [0.05, 0.1) is 10.4 Å². The van der Waals surface area contributed by atoms with Crippen LogP contribution in [0.5, 0.6) is 0 Å². The Morgan fingerprint density at radius 2 is 2.14 bits per heavy atom. The van der Waals surface area contributed by atoms with Gasteiger partial charge in [-0.05, 0) is 31.2 Å². The highest BCUT2D eigenvalue weighted by molar-refractivity contribution is 6.31. The van der Waals surface area contributed by atoms with Gasteiger partial charge in [-0.15, -0.1) is 11.6 Å².